The summed E-state index contributed by atoms with van der Waals surface area (Å²) in [6.07, 6.45) is 3.91. The molecule has 0 saturated heterocycles. The minimum absolute atomic E-state index is 0.328. The molecule has 1 aromatic heterocycles. The van der Waals surface area contributed by atoms with E-state index >= 15 is 0 Å². The minimum Gasteiger partial charge on any atom is -0.497 e. The molecule has 19 heavy (non-hydrogen) atoms. The van der Waals surface area contributed by atoms with Gasteiger partial charge >= 0.3 is 0 Å². The van der Waals surface area contributed by atoms with Gasteiger partial charge in [0.1, 0.15) is 5.75 Å². The van der Waals surface area contributed by atoms with E-state index in [9.17, 15) is 0 Å². The Hall–Kier alpha value is -1.81. The van der Waals surface area contributed by atoms with Crippen LogP contribution in [0.3, 0.4) is 0 Å². The van der Waals surface area contributed by atoms with Crippen LogP contribution in [0, 0.1) is 0 Å². The fraction of sp³-hybridized carbons (Fsp3) is 0.400. The lowest BCUT2D eigenvalue weighted by Crippen LogP contribution is -2.20. The average molecular weight is 259 g/mol. The monoisotopic (exact) mass is 259 g/mol. The third-order valence-corrected chi connectivity index (χ3v) is 3.45. The van der Waals surface area contributed by atoms with Crippen LogP contribution in [0.4, 0.5) is 0 Å². The summed E-state index contributed by atoms with van der Waals surface area (Å²) in [4.78, 5) is 0. The lowest BCUT2D eigenvalue weighted by molar-refractivity contribution is 0.414. The normalized spacial score (nSPS) is 12.4. The number of benzene rings is 1. The first kappa shape index (κ1) is 13.6. The van der Waals surface area contributed by atoms with E-state index in [0.29, 0.717) is 6.04 Å². The zero-order valence-corrected chi connectivity index (χ0v) is 11.8. The summed E-state index contributed by atoms with van der Waals surface area (Å²) in [7, 11) is 5.66. The van der Waals surface area contributed by atoms with Crippen molar-refractivity contribution < 1.29 is 4.74 Å². The summed E-state index contributed by atoms with van der Waals surface area (Å²) in [6.45, 7) is 0. The van der Waals surface area contributed by atoms with Crippen LogP contribution >= 0.6 is 0 Å². The predicted octanol–water partition coefficient (Wildman–Crippen LogP) is 2.32. The van der Waals surface area contributed by atoms with E-state index in [0.717, 1.165) is 18.6 Å². The van der Waals surface area contributed by atoms with Crippen LogP contribution in [0.1, 0.15) is 23.7 Å². The molecule has 102 valence electrons. The fourth-order valence-electron chi connectivity index (χ4n) is 2.27. The van der Waals surface area contributed by atoms with Gasteiger partial charge in [-0.3, -0.25) is 4.68 Å². The van der Waals surface area contributed by atoms with Gasteiger partial charge in [0.15, 0.2) is 0 Å². The number of aromatic nitrogens is 2. The van der Waals surface area contributed by atoms with Gasteiger partial charge in [-0.25, -0.2) is 0 Å². The van der Waals surface area contributed by atoms with Crippen molar-refractivity contribution in [2.45, 2.75) is 18.9 Å². The first-order chi connectivity index (χ1) is 9.24. The summed E-state index contributed by atoms with van der Waals surface area (Å²) in [5.41, 5.74) is 2.54. The molecule has 1 atom stereocenters. The van der Waals surface area contributed by atoms with Crippen molar-refractivity contribution >= 4 is 0 Å². The molecule has 4 nitrogen and oxygen atoms in total. The highest BCUT2D eigenvalue weighted by atomic mass is 16.5. The van der Waals surface area contributed by atoms with Gasteiger partial charge in [-0.2, -0.15) is 5.10 Å². The van der Waals surface area contributed by atoms with E-state index in [1.165, 1.54) is 11.3 Å². The summed E-state index contributed by atoms with van der Waals surface area (Å²) >= 11 is 0. The Bertz CT molecular complexity index is 504. The molecule has 0 aliphatic carbocycles. The zero-order chi connectivity index (χ0) is 13.7. The SMILES string of the molecule is CNC(CCc1ccc(OC)cc1)c1ccnn1C. The number of nitrogens with one attached hydrogen (secondary N) is 1. The topological polar surface area (TPSA) is 39.1 Å². The van der Waals surface area contributed by atoms with E-state index in [1.54, 1.807) is 7.11 Å². The van der Waals surface area contributed by atoms with E-state index in [4.69, 9.17) is 4.74 Å². The highest BCUT2D eigenvalue weighted by Crippen LogP contribution is 2.19. The molecule has 0 saturated carbocycles. The molecule has 2 rings (SSSR count). The Labute approximate surface area is 114 Å². The second-order valence-electron chi connectivity index (χ2n) is 4.61. The smallest absolute Gasteiger partial charge is 0.118 e. The van der Waals surface area contributed by atoms with E-state index in [1.807, 2.05) is 37.1 Å². The molecule has 1 N–H and O–H groups in total. The largest absolute Gasteiger partial charge is 0.497 e. The first-order valence-electron chi connectivity index (χ1n) is 6.52. The summed E-state index contributed by atoms with van der Waals surface area (Å²) < 4.78 is 7.09. The van der Waals surface area contributed by atoms with Crippen molar-refractivity contribution in [2.75, 3.05) is 14.2 Å². The van der Waals surface area contributed by atoms with Crippen molar-refractivity contribution in [3.8, 4) is 5.75 Å². The van der Waals surface area contributed by atoms with Gasteiger partial charge in [-0.1, -0.05) is 12.1 Å². The average Bonchev–Trinajstić information content (AvgIpc) is 2.87. The van der Waals surface area contributed by atoms with Crippen LogP contribution in [-0.2, 0) is 13.5 Å². The predicted molar refractivity (Wildman–Crippen MR) is 76.3 cm³/mol. The third kappa shape index (κ3) is 3.35. The maximum absolute atomic E-state index is 5.17. The Morgan fingerprint density at radius 1 is 1.26 bits per heavy atom. The van der Waals surface area contributed by atoms with E-state index < -0.39 is 0 Å². The molecular weight excluding hydrogens is 238 g/mol. The highest BCUT2D eigenvalue weighted by Gasteiger charge is 2.12. The van der Waals surface area contributed by atoms with Crippen molar-refractivity contribution in [3.63, 3.8) is 0 Å². The van der Waals surface area contributed by atoms with Crippen LogP contribution in [0.2, 0.25) is 0 Å². The standard InChI is InChI=1S/C15H21N3O/c1-16-14(15-10-11-17-18(15)2)9-6-12-4-7-13(19-3)8-5-12/h4-5,7-8,10-11,14,16H,6,9H2,1-3H3. The van der Waals surface area contributed by atoms with Gasteiger partial charge in [0, 0.05) is 19.3 Å². The van der Waals surface area contributed by atoms with Crippen LogP contribution in [0.15, 0.2) is 36.5 Å². The van der Waals surface area contributed by atoms with Gasteiger partial charge in [-0.05, 0) is 43.7 Å². The number of nitrogens with zero attached hydrogens (tertiary/aromatic N) is 2. The number of ether oxygens (including phenoxy) is 1. The quantitative estimate of drug-likeness (QED) is 0.865. The molecule has 0 spiro atoms. The number of rotatable bonds is 6. The molecule has 0 aliphatic rings. The van der Waals surface area contributed by atoms with E-state index in [2.05, 4.69) is 28.6 Å². The van der Waals surface area contributed by atoms with Crippen molar-refractivity contribution in [2.24, 2.45) is 7.05 Å². The van der Waals surface area contributed by atoms with Crippen molar-refractivity contribution in [1.82, 2.24) is 15.1 Å². The zero-order valence-electron chi connectivity index (χ0n) is 11.8. The van der Waals surface area contributed by atoms with Crippen molar-refractivity contribution in [3.05, 3.63) is 47.8 Å². The fourth-order valence-corrected chi connectivity index (χ4v) is 2.27. The number of hydrogen-bond acceptors (Lipinski definition) is 3. The number of hydrogen-bond donors (Lipinski definition) is 1. The third-order valence-electron chi connectivity index (χ3n) is 3.45. The summed E-state index contributed by atoms with van der Waals surface area (Å²) in [5, 5.41) is 7.58. The molecule has 1 heterocycles. The maximum atomic E-state index is 5.17. The number of aryl methyl sites for hydroxylation is 2. The highest BCUT2D eigenvalue weighted by molar-refractivity contribution is 5.27. The maximum Gasteiger partial charge on any atom is 0.118 e. The van der Waals surface area contributed by atoms with Gasteiger partial charge in [0.2, 0.25) is 0 Å². The molecule has 0 aliphatic heterocycles. The van der Waals surface area contributed by atoms with Gasteiger partial charge < -0.3 is 10.1 Å². The lowest BCUT2D eigenvalue weighted by Gasteiger charge is -2.16. The molecule has 4 heteroatoms. The molecule has 1 aromatic carbocycles. The second kappa shape index (κ2) is 6.38. The molecule has 1 unspecified atom stereocenters. The van der Waals surface area contributed by atoms with Crippen molar-refractivity contribution in [1.29, 1.82) is 0 Å². The van der Waals surface area contributed by atoms with E-state index in [-0.39, 0.29) is 0 Å². The van der Waals surface area contributed by atoms with Gasteiger partial charge in [0.05, 0.1) is 12.8 Å². The summed E-state index contributed by atoms with van der Waals surface area (Å²) in [6, 6.07) is 10.6. The molecule has 2 aromatic rings. The Morgan fingerprint density at radius 3 is 2.53 bits per heavy atom. The molecule has 0 bridgehead atoms. The van der Waals surface area contributed by atoms with Crippen LogP contribution < -0.4 is 10.1 Å². The van der Waals surface area contributed by atoms with Crippen LogP contribution in [0.25, 0.3) is 0 Å². The molecule has 0 radical (unpaired) electrons. The Morgan fingerprint density at radius 2 is 2.00 bits per heavy atom. The minimum atomic E-state index is 0.328. The lowest BCUT2D eigenvalue weighted by atomic mass is 10.0. The molecule has 0 fully saturated rings. The van der Waals surface area contributed by atoms with Gasteiger partial charge in [0.25, 0.3) is 0 Å². The van der Waals surface area contributed by atoms with Gasteiger partial charge in [-0.15, -0.1) is 0 Å². The Balaban J connectivity index is 1.98. The van der Waals surface area contributed by atoms with Crippen LogP contribution in [0.5, 0.6) is 5.75 Å². The summed E-state index contributed by atoms with van der Waals surface area (Å²) in [5.74, 6) is 0.903. The Kier molecular flexibility index (Phi) is 4.58. The molecular formula is C15H21N3O. The van der Waals surface area contributed by atoms with Crippen LogP contribution in [-0.4, -0.2) is 23.9 Å². The first-order valence-corrected chi connectivity index (χ1v) is 6.52. The second-order valence-corrected chi connectivity index (χ2v) is 4.61. The molecule has 0 amide bonds. The number of methoxy groups -OCH3 is 1.